The van der Waals surface area contributed by atoms with E-state index < -0.39 is 0 Å². The minimum Gasteiger partial charge on any atom is -0.331 e. The summed E-state index contributed by atoms with van der Waals surface area (Å²) in [5, 5.41) is 7.40. The number of hydrogen-bond donors (Lipinski definition) is 1. The predicted octanol–water partition coefficient (Wildman–Crippen LogP) is 3.22. The van der Waals surface area contributed by atoms with Crippen LogP contribution in [0.15, 0.2) is 18.6 Å². The topological polar surface area (TPSA) is 49.7 Å². The van der Waals surface area contributed by atoms with Crippen LogP contribution in [0.1, 0.15) is 62.3 Å². The lowest BCUT2D eigenvalue weighted by molar-refractivity contribution is 0.131. The number of nitrogens with one attached hydrogen (secondary N) is 1. The first kappa shape index (κ1) is 14.3. The van der Waals surface area contributed by atoms with Crippen molar-refractivity contribution in [3.63, 3.8) is 0 Å². The molecule has 1 aliphatic heterocycles. The second kappa shape index (κ2) is 6.02. The summed E-state index contributed by atoms with van der Waals surface area (Å²) in [6.07, 6.45) is 9.68. The fourth-order valence-corrected chi connectivity index (χ4v) is 3.32. The maximum absolute atomic E-state index is 4.57. The molecule has 2 aromatic heterocycles. The standard InChI is InChI=1S/C16H25N5/c1-12(2)21-9-7-17-15(21)11-20-8-5-4-6-14(20)16-13(3)10-18-19-16/h7,9-10,12,14H,4-6,8,11H2,1-3H3,(H,18,19)/t14-/m1/s1. The number of aromatic nitrogens is 4. The molecule has 2 aromatic rings. The number of hydrogen-bond acceptors (Lipinski definition) is 3. The number of piperidine rings is 1. The van der Waals surface area contributed by atoms with Crippen LogP contribution in [0.3, 0.4) is 0 Å². The molecule has 1 fully saturated rings. The van der Waals surface area contributed by atoms with Gasteiger partial charge in [0.25, 0.3) is 0 Å². The summed E-state index contributed by atoms with van der Waals surface area (Å²) in [6, 6.07) is 0.901. The van der Waals surface area contributed by atoms with E-state index in [9.17, 15) is 0 Å². The molecule has 21 heavy (non-hydrogen) atoms. The molecule has 0 spiro atoms. The Labute approximate surface area is 126 Å². The van der Waals surface area contributed by atoms with Gasteiger partial charge in [0.15, 0.2) is 0 Å². The van der Waals surface area contributed by atoms with Crippen molar-refractivity contribution in [2.45, 2.75) is 58.7 Å². The van der Waals surface area contributed by atoms with Gasteiger partial charge in [0.05, 0.1) is 24.5 Å². The van der Waals surface area contributed by atoms with Crippen molar-refractivity contribution < 1.29 is 0 Å². The van der Waals surface area contributed by atoms with Crippen molar-refractivity contribution in [2.24, 2.45) is 0 Å². The molecular formula is C16H25N5. The number of aryl methyl sites for hydroxylation is 1. The fraction of sp³-hybridized carbons (Fsp3) is 0.625. The number of H-pyrrole nitrogens is 1. The molecule has 114 valence electrons. The van der Waals surface area contributed by atoms with Gasteiger partial charge in [0.2, 0.25) is 0 Å². The van der Waals surface area contributed by atoms with Crippen molar-refractivity contribution in [3.05, 3.63) is 35.7 Å². The highest BCUT2D eigenvalue weighted by Crippen LogP contribution is 2.32. The molecule has 1 aliphatic rings. The Kier molecular flexibility index (Phi) is 4.10. The first-order valence-electron chi connectivity index (χ1n) is 7.92. The maximum atomic E-state index is 4.57. The maximum Gasteiger partial charge on any atom is 0.123 e. The third-order valence-corrected chi connectivity index (χ3v) is 4.46. The lowest BCUT2D eigenvalue weighted by Gasteiger charge is -2.35. The normalized spacial score (nSPS) is 20.3. The Hall–Kier alpha value is -1.62. The van der Waals surface area contributed by atoms with Crippen LogP contribution in [0.2, 0.25) is 0 Å². The van der Waals surface area contributed by atoms with E-state index in [-0.39, 0.29) is 0 Å². The Morgan fingerprint density at radius 2 is 2.24 bits per heavy atom. The molecule has 1 saturated heterocycles. The van der Waals surface area contributed by atoms with Crippen LogP contribution in [-0.2, 0) is 6.54 Å². The zero-order valence-corrected chi connectivity index (χ0v) is 13.2. The Bertz CT molecular complexity index is 583. The summed E-state index contributed by atoms with van der Waals surface area (Å²) in [6.45, 7) is 8.60. The smallest absolute Gasteiger partial charge is 0.123 e. The molecular weight excluding hydrogens is 262 g/mol. The van der Waals surface area contributed by atoms with Crippen molar-refractivity contribution in [1.29, 1.82) is 0 Å². The molecule has 0 saturated carbocycles. The second-order valence-corrected chi connectivity index (χ2v) is 6.29. The SMILES string of the molecule is Cc1cn[nH]c1[C@H]1CCCCN1Cc1nccn1C(C)C. The summed E-state index contributed by atoms with van der Waals surface area (Å²) in [7, 11) is 0. The summed E-state index contributed by atoms with van der Waals surface area (Å²) < 4.78 is 2.27. The average Bonchev–Trinajstić information content (AvgIpc) is 3.08. The summed E-state index contributed by atoms with van der Waals surface area (Å²) in [5.41, 5.74) is 2.54. The molecule has 1 N–H and O–H groups in total. The molecule has 0 aromatic carbocycles. The van der Waals surface area contributed by atoms with Gasteiger partial charge in [-0.25, -0.2) is 4.98 Å². The lowest BCUT2D eigenvalue weighted by Crippen LogP contribution is -2.34. The van der Waals surface area contributed by atoms with Gasteiger partial charge >= 0.3 is 0 Å². The van der Waals surface area contributed by atoms with Crippen molar-refractivity contribution >= 4 is 0 Å². The molecule has 3 rings (SSSR count). The summed E-state index contributed by atoms with van der Waals surface area (Å²) in [5.74, 6) is 1.16. The van der Waals surface area contributed by atoms with Gasteiger partial charge in [-0.3, -0.25) is 10.00 Å². The molecule has 5 heteroatoms. The quantitative estimate of drug-likeness (QED) is 0.939. The van der Waals surface area contributed by atoms with Crippen LogP contribution in [-0.4, -0.2) is 31.2 Å². The van der Waals surface area contributed by atoms with Crippen LogP contribution in [0.4, 0.5) is 0 Å². The number of aromatic amines is 1. The van der Waals surface area contributed by atoms with Crippen LogP contribution >= 0.6 is 0 Å². The Morgan fingerprint density at radius 3 is 2.95 bits per heavy atom. The van der Waals surface area contributed by atoms with Crippen LogP contribution in [0.25, 0.3) is 0 Å². The monoisotopic (exact) mass is 287 g/mol. The average molecular weight is 287 g/mol. The van der Waals surface area contributed by atoms with Crippen LogP contribution in [0.5, 0.6) is 0 Å². The Balaban J connectivity index is 1.82. The third-order valence-electron chi connectivity index (χ3n) is 4.46. The summed E-state index contributed by atoms with van der Waals surface area (Å²) in [4.78, 5) is 7.11. The molecule has 1 atom stereocenters. The number of imidazole rings is 1. The molecule has 0 unspecified atom stereocenters. The van der Waals surface area contributed by atoms with E-state index in [2.05, 4.69) is 51.6 Å². The highest BCUT2D eigenvalue weighted by atomic mass is 15.2. The molecule has 0 radical (unpaired) electrons. The van der Waals surface area contributed by atoms with E-state index in [0.29, 0.717) is 12.1 Å². The molecule has 0 bridgehead atoms. The first-order chi connectivity index (χ1) is 10.2. The van der Waals surface area contributed by atoms with Gasteiger partial charge in [-0.05, 0) is 45.7 Å². The number of nitrogens with zero attached hydrogens (tertiary/aromatic N) is 4. The van der Waals surface area contributed by atoms with E-state index in [1.165, 1.54) is 30.5 Å². The van der Waals surface area contributed by atoms with Gasteiger partial charge in [0, 0.05) is 18.4 Å². The largest absolute Gasteiger partial charge is 0.331 e. The van der Waals surface area contributed by atoms with Gasteiger partial charge in [0.1, 0.15) is 5.82 Å². The molecule has 0 amide bonds. The number of rotatable bonds is 4. The van der Waals surface area contributed by atoms with E-state index >= 15 is 0 Å². The number of likely N-dealkylation sites (tertiary alicyclic amines) is 1. The zero-order chi connectivity index (χ0) is 14.8. The van der Waals surface area contributed by atoms with Gasteiger partial charge < -0.3 is 4.57 Å². The zero-order valence-electron chi connectivity index (χ0n) is 13.2. The van der Waals surface area contributed by atoms with Crippen molar-refractivity contribution in [1.82, 2.24) is 24.6 Å². The van der Waals surface area contributed by atoms with Gasteiger partial charge in [-0.2, -0.15) is 5.10 Å². The highest BCUT2D eigenvalue weighted by molar-refractivity contribution is 5.18. The van der Waals surface area contributed by atoms with E-state index in [1.54, 1.807) is 0 Å². The minimum absolute atomic E-state index is 0.443. The minimum atomic E-state index is 0.443. The fourth-order valence-electron chi connectivity index (χ4n) is 3.32. The molecule has 5 nitrogen and oxygen atoms in total. The van der Waals surface area contributed by atoms with Crippen LogP contribution < -0.4 is 0 Å². The summed E-state index contributed by atoms with van der Waals surface area (Å²) >= 11 is 0. The molecule has 0 aliphatic carbocycles. The van der Waals surface area contributed by atoms with E-state index in [1.807, 2.05) is 12.4 Å². The second-order valence-electron chi connectivity index (χ2n) is 6.29. The van der Waals surface area contributed by atoms with Gasteiger partial charge in [-0.15, -0.1) is 0 Å². The Morgan fingerprint density at radius 1 is 1.38 bits per heavy atom. The third kappa shape index (κ3) is 2.88. The molecule has 3 heterocycles. The van der Waals surface area contributed by atoms with E-state index in [4.69, 9.17) is 0 Å². The highest BCUT2D eigenvalue weighted by Gasteiger charge is 2.27. The first-order valence-corrected chi connectivity index (χ1v) is 7.92. The predicted molar refractivity (Wildman–Crippen MR) is 82.9 cm³/mol. The van der Waals surface area contributed by atoms with Crippen LogP contribution in [0, 0.1) is 6.92 Å². The lowest BCUT2D eigenvalue weighted by atomic mass is 9.97. The van der Waals surface area contributed by atoms with Crippen molar-refractivity contribution in [3.8, 4) is 0 Å². The van der Waals surface area contributed by atoms with Crippen molar-refractivity contribution in [2.75, 3.05) is 6.54 Å². The van der Waals surface area contributed by atoms with E-state index in [0.717, 1.165) is 18.9 Å². The van der Waals surface area contributed by atoms with Gasteiger partial charge in [-0.1, -0.05) is 6.42 Å².